The molecule has 0 aliphatic carbocycles. The van der Waals surface area contributed by atoms with Gasteiger partial charge in [0, 0.05) is 58.5 Å². The van der Waals surface area contributed by atoms with Crippen molar-refractivity contribution in [1.29, 1.82) is 0 Å². The van der Waals surface area contributed by atoms with Gasteiger partial charge in [0.25, 0.3) is 0 Å². The summed E-state index contributed by atoms with van der Waals surface area (Å²) in [6.45, 7) is 10.7. The number of rotatable bonds is 18. The maximum Gasteiger partial charge on any atom is 0.133 e. The van der Waals surface area contributed by atoms with Crippen LogP contribution in [0.5, 0.6) is 0 Å². The van der Waals surface area contributed by atoms with Crippen LogP contribution < -0.4 is 0 Å². The second-order valence-corrected chi connectivity index (χ2v) is 6.77. The Labute approximate surface area is 166 Å². The van der Waals surface area contributed by atoms with Crippen LogP contribution in [0.2, 0.25) is 0 Å². The van der Waals surface area contributed by atoms with E-state index in [1.165, 1.54) is 13.3 Å². The molecule has 0 aromatic rings. The molecule has 0 aromatic heterocycles. The lowest BCUT2D eigenvalue weighted by atomic mass is 10.1. The first-order valence-electron chi connectivity index (χ1n) is 10.7. The van der Waals surface area contributed by atoms with E-state index in [1.807, 2.05) is 6.92 Å². The number of carbonyl (C=O) groups is 3. The minimum Gasteiger partial charge on any atom is -0.381 e. The van der Waals surface area contributed by atoms with Crippen molar-refractivity contribution in [3.05, 3.63) is 0 Å². The third-order valence-electron chi connectivity index (χ3n) is 3.92. The maximum atomic E-state index is 11.2. The molecule has 0 bridgehead atoms. The van der Waals surface area contributed by atoms with Gasteiger partial charge in [0.2, 0.25) is 0 Å². The molecule has 0 atom stereocenters. The van der Waals surface area contributed by atoms with Gasteiger partial charge in [0.05, 0.1) is 0 Å². The van der Waals surface area contributed by atoms with Gasteiger partial charge in [0.15, 0.2) is 0 Å². The number of unbranched alkanes of at least 4 members (excludes halogenated alkanes) is 2. The molecule has 0 spiro atoms. The molecular formula is C22H42O5. The second-order valence-electron chi connectivity index (χ2n) is 6.77. The molecule has 5 heteroatoms. The van der Waals surface area contributed by atoms with Gasteiger partial charge in [0.1, 0.15) is 17.3 Å². The zero-order chi connectivity index (χ0) is 20.8. The first kappa shape index (κ1) is 28.1. The second kappa shape index (κ2) is 23.0. The van der Waals surface area contributed by atoms with Crippen molar-refractivity contribution in [2.45, 2.75) is 98.3 Å². The Morgan fingerprint density at radius 1 is 0.593 bits per heavy atom. The van der Waals surface area contributed by atoms with Crippen LogP contribution in [0, 0.1) is 0 Å². The van der Waals surface area contributed by atoms with Gasteiger partial charge in [-0.25, -0.2) is 0 Å². The van der Waals surface area contributed by atoms with Gasteiger partial charge in [-0.3, -0.25) is 9.59 Å². The quantitative estimate of drug-likeness (QED) is 0.307. The summed E-state index contributed by atoms with van der Waals surface area (Å²) < 4.78 is 10.6. The minimum absolute atomic E-state index is 0.0857. The van der Waals surface area contributed by atoms with Crippen LogP contribution in [0.15, 0.2) is 0 Å². The van der Waals surface area contributed by atoms with E-state index in [9.17, 15) is 14.4 Å². The summed E-state index contributed by atoms with van der Waals surface area (Å²) in [5, 5.41) is 0. The van der Waals surface area contributed by atoms with Crippen LogP contribution in [-0.4, -0.2) is 43.8 Å². The van der Waals surface area contributed by atoms with E-state index in [1.54, 1.807) is 0 Å². The van der Waals surface area contributed by atoms with Crippen LogP contribution in [-0.2, 0) is 23.9 Å². The molecule has 0 radical (unpaired) electrons. The van der Waals surface area contributed by atoms with Gasteiger partial charge in [-0.05, 0) is 32.6 Å². The molecule has 0 unspecified atom stereocenters. The highest BCUT2D eigenvalue weighted by Crippen LogP contribution is 2.00. The number of hydrogen-bond acceptors (Lipinski definition) is 5. The zero-order valence-electron chi connectivity index (χ0n) is 18.1. The Kier molecular flexibility index (Phi) is 23.9. The van der Waals surface area contributed by atoms with E-state index in [4.69, 9.17) is 9.47 Å². The van der Waals surface area contributed by atoms with Crippen molar-refractivity contribution < 1.29 is 23.9 Å². The Hall–Kier alpha value is -1.07. The predicted molar refractivity (Wildman–Crippen MR) is 110 cm³/mol. The Morgan fingerprint density at radius 2 is 1.04 bits per heavy atom. The summed E-state index contributed by atoms with van der Waals surface area (Å²) >= 11 is 0. The Bertz CT molecular complexity index is 366. The molecule has 0 amide bonds. The molecule has 0 fully saturated rings. The summed E-state index contributed by atoms with van der Waals surface area (Å²) in [7, 11) is 0. The largest absolute Gasteiger partial charge is 0.381 e. The van der Waals surface area contributed by atoms with Crippen molar-refractivity contribution >= 4 is 17.3 Å². The number of hydrogen-bond donors (Lipinski definition) is 0. The molecular weight excluding hydrogens is 344 g/mol. The molecule has 0 aliphatic rings. The SMILES string of the molecule is CCCCOCCCC(=O)CC.CCCCOCCCC(=O)CCC(C)=O. The van der Waals surface area contributed by atoms with E-state index in [0.29, 0.717) is 44.5 Å². The van der Waals surface area contributed by atoms with Crippen LogP contribution >= 0.6 is 0 Å². The van der Waals surface area contributed by atoms with Gasteiger partial charge in [-0.1, -0.05) is 33.6 Å². The average Bonchev–Trinajstić information content (AvgIpc) is 2.66. The summed E-state index contributed by atoms with van der Waals surface area (Å²) in [4.78, 5) is 32.7. The summed E-state index contributed by atoms with van der Waals surface area (Å²) in [6, 6.07) is 0. The van der Waals surface area contributed by atoms with Crippen LogP contribution in [0.1, 0.15) is 98.3 Å². The van der Waals surface area contributed by atoms with Crippen molar-refractivity contribution in [3.8, 4) is 0 Å². The molecule has 0 saturated carbocycles. The van der Waals surface area contributed by atoms with Crippen molar-refractivity contribution in [2.75, 3.05) is 26.4 Å². The third-order valence-corrected chi connectivity index (χ3v) is 3.92. The van der Waals surface area contributed by atoms with E-state index in [0.717, 1.165) is 51.9 Å². The highest BCUT2D eigenvalue weighted by molar-refractivity contribution is 5.84. The minimum atomic E-state index is 0.0857. The van der Waals surface area contributed by atoms with E-state index >= 15 is 0 Å². The fraction of sp³-hybridized carbons (Fsp3) is 0.864. The van der Waals surface area contributed by atoms with E-state index < -0.39 is 0 Å². The molecule has 27 heavy (non-hydrogen) atoms. The van der Waals surface area contributed by atoms with E-state index in [-0.39, 0.29) is 11.6 Å². The predicted octanol–water partition coefficient (Wildman–Crippen LogP) is 5.08. The Morgan fingerprint density at radius 3 is 1.44 bits per heavy atom. The van der Waals surface area contributed by atoms with Crippen LogP contribution in [0.25, 0.3) is 0 Å². The molecule has 0 aromatic carbocycles. The molecule has 0 aliphatic heterocycles. The lowest BCUT2D eigenvalue weighted by molar-refractivity contribution is -0.123. The Balaban J connectivity index is 0. The van der Waals surface area contributed by atoms with Gasteiger partial charge in [-0.2, -0.15) is 0 Å². The smallest absolute Gasteiger partial charge is 0.133 e. The molecule has 0 heterocycles. The topological polar surface area (TPSA) is 69.7 Å². The molecule has 0 saturated heterocycles. The van der Waals surface area contributed by atoms with Crippen molar-refractivity contribution in [2.24, 2.45) is 0 Å². The van der Waals surface area contributed by atoms with Gasteiger partial charge in [-0.15, -0.1) is 0 Å². The van der Waals surface area contributed by atoms with Gasteiger partial charge >= 0.3 is 0 Å². The monoisotopic (exact) mass is 386 g/mol. The highest BCUT2D eigenvalue weighted by Gasteiger charge is 2.03. The number of ketones is 3. The lowest BCUT2D eigenvalue weighted by Crippen LogP contribution is -2.04. The first-order valence-corrected chi connectivity index (χ1v) is 10.7. The van der Waals surface area contributed by atoms with Crippen molar-refractivity contribution in [3.63, 3.8) is 0 Å². The lowest BCUT2D eigenvalue weighted by Gasteiger charge is -2.02. The zero-order valence-corrected chi connectivity index (χ0v) is 18.1. The first-order chi connectivity index (χ1) is 13.0. The standard InChI is InChI=1S/C12H22O3.C10H20O2/c1-3-4-9-15-10-5-6-12(14)8-7-11(2)13;1-3-5-8-12-9-6-7-10(11)4-2/h3-10H2,1-2H3;3-9H2,1-2H3. The summed E-state index contributed by atoms with van der Waals surface area (Å²) in [5.74, 6) is 0.598. The normalized spacial score (nSPS) is 10.2. The van der Waals surface area contributed by atoms with Crippen LogP contribution in [0.4, 0.5) is 0 Å². The average molecular weight is 387 g/mol. The molecule has 0 rings (SSSR count). The molecule has 0 N–H and O–H groups in total. The number of ether oxygens (including phenoxy) is 2. The fourth-order valence-corrected chi connectivity index (χ4v) is 2.06. The highest BCUT2D eigenvalue weighted by atomic mass is 16.5. The molecule has 5 nitrogen and oxygen atoms in total. The van der Waals surface area contributed by atoms with E-state index in [2.05, 4.69) is 13.8 Å². The summed E-state index contributed by atoms with van der Waals surface area (Å²) in [5.41, 5.74) is 0. The van der Waals surface area contributed by atoms with Gasteiger partial charge < -0.3 is 14.3 Å². The maximum absolute atomic E-state index is 11.2. The number of Topliss-reactive ketones (excluding diaryl/α,β-unsaturated/α-hetero) is 3. The molecule has 160 valence electrons. The fourth-order valence-electron chi connectivity index (χ4n) is 2.06. The van der Waals surface area contributed by atoms with Crippen LogP contribution in [0.3, 0.4) is 0 Å². The number of carbonyl (C=O) groups excluding carboxylic acids is 3. The summed E-state index contributed by atoms with van der Waals surface area (Å²) in [6.07, 6.45) is 8.85. The third kappa shape index (κ3) is 27.3. The van der Waals surface area contributed by atoms with Crippen molar-refractivity contribution in [1.82, 2.24) is 0 Å².